The number of aromatic hydroxyl groups is 1. The second-order valence-corrected chi connectivity index (χ2v) is 4.55. The zero-order chi connectivity index (χ0) is 11.1. The van der Waals surface area contributed by atoms with Gasteiger partial charge in [0.2, 0.25) is 0 Å². The largest absolute Gasteiger partial charge is 0.508 e. The normalized spacial score (nSPS) is 19.9. The molecule has 3 heteroatoms. The monoisotopic (exact) mass is 209 g/mol. The first-order chi connectivity index (χ1) is 7.00. The van der Waals surface area contributed by atoms with Crippen LogP contribution in [0.1, 0.15) is 37.1 Å². The Hall–Kier alpha value is -1.09. The van der Waals surface area contributed by atoms with Gasteiger partial charge in [-0.25, -0.2) is 4.39 Å². The SMILES string of the molecule is CC(F)c1cc(CC2(N)CC2)ccc1O. The number of alkyl halides is 1. The van der Waals surface area contributed by atoms with Gasteiger partial charge in [0.1, 0.15) is 11.9 Å². The van der Waals surface area contributed by atoms with Crippen molar-refractivity contribution in [3.05, 3.63) is 29.3 Å². The molecule has 0 radical (unpaired) electrons. The smallest absolute Gasteiger partial charge is 0.126 e. The Balaban J connectivity index is 2.22. The summed E-state index contributed by atoms with van der Waals surface area (Å²) in [5.74, 6) is 0.0237. The summed E-state index contributed by atoms with van der Waals surface area (Å²) in [7, 11) is 0. The van der Waals surface area contributed by atoms with E-state index in [-0.39, 0.29) is 11.3 Å². The van der Waals surface area contributed by atoms with Gasteiger partial charge in [0.25, 0.3) is 0 Å². The van der Waals surface area contributed by atoms with E-state index in [9.17, 15) is 9.50 Å². The predicted molar refractivity (Wildman–Crippen MR) is 57.5 cm³/mol. The molecule has 0 amide bonds. The molecule has 0 saturated heterocycles. The second-order valence-electron chi connectivity index (χ2n) is 4.55. The van der Waals surface area contributed by atoms with Crippen LogP contribution < -0.4 is 5.73 Å². The highest BCUT2D eigenvalue weighted by Crippen LogP contribution is 2.37. The summed E-state index contributed by atoms with van der Waals surface area (Å²) in [5.41, 5.74) is 7.28. The van der Waals surface area contributed by atoms with Crippen molar-refractivity contribution in [3.8, 4) is 5.75 Å². The molecule has 0 spiro atoms. The average Bonchev–Trinajstić information content (AvgIpc) is 2.87. The van der Waals surface area contributed by atoms with Crippen molar-refractivity contribution in [1.29, 1.82) is 0 Å². The Morgan fingerprint density at radius 1 is 1.53 bits per heavy atom. The number of nitrogens with two attached hydrogens (primary N) is 1. The molecule has 1 unspecified atom stereocenters. The van der Waals surface area contributed by atoms with E-state index in [1.165, 1.54) is 6.92 Å². The molecule has 0 heterocycles. The summed E-state index contributed by atoms with van der Waals surface area (Å²) in [6, 6.07) is 5.08. The van der Waals surface area contributed by atoms with Crippen LogP contribution in [0, 0.1) is 0 Å². The third kappa shape index (κ3) is 2.29. The predicted octanol–water partition coefficient (Wildman–Crippen LogP) is 2.46. The first kappa shape index (κ1) is 10.4. The fraction of sp³-hybridized carbons (Fsp3) is 0.500. The summed E-state index contributed by atoms with van der Waals surface area (Å²) < 4.78 is 13.1. The van der Waals surface area contributed by atoms with E-state index >= 15 is 0 Å². The lowest BCUT2D eigenvalue weighted by molar-refractivity contribution is 0.356. The molecule has 1 fully saturated rings. The van der Waals surface area contributed by atoms with Crippen molar-refractivity contribution in [3.63, 3.8) is 0 Å². The molecule has 1 aromatic carbocycles. The maximum Gasteiger partial charge on any atom is 0.126 e. The maximum atomic E-state index is 13.1. The van der Waals surface area contributed by atoms with Gasteiger partial charge in [0, 0.05) is 11.1 Å². The molecule has 2 nitrogen and oxygen atoms in total. The van der Waals surface area contributed by atoms with Gasteiger partial charge >= 0.3 is 0 Å². The van der Waals surface area contributed by atoms with Gasteiger partial charge in [-0.1, -0.05) is 6.07 Å². The number of benzene rings is 1. The Bertz CT molecular complexity index is 372. The Morgan fingerprint density at radius 2 is 2.20 bits per heavy atom. The number of halogens is 1. The van der Waals surface area contributed by atoms with E-state index in [1.54, 1.807) is 12.1 Å². The Labute approximate surface area is 88.9 Å². The van der Waals surface area contributed by atoms with Gasteiger partial charge in [-0.05, 0) is 43.9 Å². The number of phenols is 1. The topological polar surface area (TPSA) is 46.2 Å². The molecular formula is C12H16FNO. The van der Waals surface area contributed by atoms with Crippen LogP contribution in [0.5, 0.6) is 5.75 Å². The van der Waals surface area contributed by atoms with Gasteiger partial charge in [0.15, 0.2) is 0 Å². The fourth-order valence-electron chi connectivity index (χ4n) is 1.78. The maximum absolute atomic E-state index is 13.1. The van der Waals surface area contributed by atoms with Gasteiger partial charge < -0.3 is 10.8 Å². The highest BCUT2D eigenvalue weighted by Gasteiger charge is 2.38. The van der Waals surface area contributed by atoms with E-state index in [4.69, 9.17) is 5.73 Å². The van der Waals surface area contributed by atoms with E-state index in [0.29, 0.717) is 5.56 Å². The third-order valence-corrected chi connectivity index (χ3v) is 2.97. The van der Waals surface area contributed by atoms with Crippen LogP contribution in [0.25, 0.3) is 0 Å². The van der Waals surface area contributed by atoms with Crippen LogP contribution >= 0.6 is 0 Å². The number of hydrogen-bond donors (Lipinski definition) is 2. The number of rotatable bonds is 3. The summed E-state index contributed by atoms with van der Waals surface area (Å²) in [6.07, 6.45) is 1.70. The van der Waals surface area contributed by atoms with E-state index < -0.39 is 6.17 Å². The molecule has 0 aromatic heterocycles. The van der Waals surface area contributed by atoms with E-state index in [0.717, 1.165) is 24.8 Å². The molecule has 82 valence electrons. The molecule has 3 N–H and O–H groups in total. The highest BCUT2D eigenvalue weighted by molar-refractivity contribution is 5.38. The minimum absolute atomic E-state index is 0.0237. The van der Waals surface area contributed by atoms with E-state index in [1.807, 2.05) is 6.07 Å². The highest BCUT2D eigenvalue weighted by atomic mass is 19.1. The zero-order valence-electron chi connectivity index (χ0n) is 8.83. The van der Waals surface area contributed by atoms with Crippen LogP contribution in [0.2, 0.25) is 0 Å². The molecule has 1 aromatic rings. The molecule has 15 heavy (non-hydrogen) atoms. The van der Waals surface area contributed by atoms with Crippen molar-refractivity contribution in [2.45, 2.75) is 37.9 Å². The molecule has 1 aliphatic rings. The minimum Gasteiger partial charge on any atom is -0.508 e. The molecule has 0 aliphatic heterocycles. The lowest BCUT2D eigenvalue weighted by atomic mass is 10.0. The van der Waals surface area contributed by atoms with Crippen molar-refractivity contribution in [2.75, 3.05) is 0 Å². The minimum atomic E-state index is -1.14. The molecule has 2 rings (SSSR count). The van der Waals surface area contributed by atoms with Crippen molar-refractivity contribution in [1.82, 2.24) is 0 Å². The van der Waals surface area contributed by atoms with Gasteiger partial charge in [-0.3, -0.25) is 0 Å². The lowest BCUT2D eigenvalue weighted by Gasteiger charge is -2.11. The van der Waals surface area contributed by atoms with Crippen molar-refractivity contribution < 1.29 is 9.50 Å². The van der Waals surface area contributed by atoms with Crippen LogP contribution in [0.3, 0.4) is 0 Å². The Kier molecular flexibility index (Phi) is 2.43. The molecule has 1 saturated carbocycles. The van der Waals surface area contributed by atoms with Crippen LogP contribution in [0.4, 0.5) is 4.39 Å². The summed E-state index contributed by atoms with van der Waals surface area (Å²) in [5, 5.41) is 9.45. The van der Waals surface area contributed by atoms with Crippen LogP contribution in [-0.2, 0) is 6.42 Å². The number of phenolic OH excluding ortho intramolecular Hbond substituents is 1. The summed E-state index contributed by atoms with van der Waals surface area (Å²) >= 11 is 0. The lowest BCUT2D eigenvalue weighted by Crippen LogP contribution is -2.24. The van der Waals surface area contributed by atoms with Gasteiger partial charge in [-0.2, -0.15) is 0 Å². The summed E-state index contributed by atoms with van der Waals surface area (Å²) in [4.78, 5) is 0. The summed E-state index contributed by atoms with van der Waals surface area (Å²) in [6.45, 7) is 1.42. The second kappa shape index (κ2) is 3.49. The molecule has 1 atom stereocenters. The van der Waals surface area contributed by atoms with Gasteiger partial charge in [-0.15, -0.1) is 0 Å². The average molecular weight is 209 g/mol. The van der Waals surface area contributed by atoms with Crippen molar-refractivity contribution in [2.24, 2.45) is 5.73 Å². The fourth-order valence-corrected chi connectivity index (χ4v) is 1.78. The number of hydrogen-bond acceptors (Lipinski definition) is 2. The van der Waals surface area contributed by atoms with Crippen LogP contribution in [0.15, 0.2) is 18.2 Å². The van der Waals surface area contributed by atoms with Crippen LogP contribution in [-0.4, -0.2) is 10.6 Å². The standard InChI is InChI=1S/C12H16FNO/c1-8(13)10-6-9(2-3-11(10)15)7-12(14)4-5-12/h2-3,6,8,15H,4-5,7,14H2,1H3. The first-order valence-electron chi connectivity index (χ1n) is 5.25. The van der Waals surface area contributed by atoms with E-state index in [2.05, 4.69) is 0 Å². The molecular weight excluding hydrogens is 193 g/mol. The quantitative estimate of drug-likeness (QED) is 0.803. The molecule has 0 bridgehead atoms. The molecule has 1 aliphatic carbocycles. The van der Waals surface area contributed by atoms with Crippen molar-refractivity contribution >= 4 is 0 Å². The van der Waals surface area contributed by atoms with Gasteiger partial charge in [0.05, 0.1) is 0 Å². The first-order valence-corrected chi connectivity index (χ1v) is 5.25. The Morgan fingerprint density at radius 3 is 2.73 bits per heavy atom. The third-order valence-electron chi connectivity index (χ3n) is 2.97. The zero-order valence-corrected chi connectivity index (χ0v) is 8.83.